The molecule has 1 N–H and O–H groups in total. The molecule has 0 amide bonds. The van der Waals surface area contributed by atoms with Gasteiger partial charge < -0.3 is 14.3 Å². The first kappa shape index (κ1) is 16.4. The van der Waals surface area contributed by atoms with Gasteiger partial charge in [0.1, 0.15) is 11.6 Å². The summed E-state index contributed by atoms with van der Waals surface area (Å²) in [5.41, 5.74) is 4.29. The van der Waals surface area contributed by atoms with Gasteiger partial charge in [-0.2, -0.15) is 5.10 Å². The smallest absolute Gasteiger partial charge is 0.274 e. The molecule has 3 aromatic heterocycles. The molecule has 0 aliphatic rings. The van der Waals surface area contributed by atoms with E-state index in [2.05, 4.69) is 10.1 Å². The average molecular weight is 348 g/mol. The van der Waals surface area contributed by atoms with Gasteiger partial charge in [-0.1, -0.05) is 30.3 Å². The zero-order chi connectivity index (χ0) is 18.3. The molecule has 0 aliphatic carbocycles. The van der Waals surface area contributed by atoms with Crippen LogP contribution in [-0.4, -0.2) is 26.4 Å². The number of aryl methyl sites for hydroxylation is 2. The maximum Gasteiger partial charge on any atom is 0.274 e. The summed E-state index contributed by atoms with van der Waals surface area (Å²) < 4.78 is 9.13. The van der Waals surface area contributed by atoms with Crippen LogP contribution in [0.5, 0.6) is 0 Å². The highest BCUT2D eigenvalue weighted by atomic mass is 16.5. The highest BCUT2D eigenvalue weighted by Gasteiger charge is 2.20. The summed E-state index contributed by atoms with van der Waals surface area (Å²) in [5.74, 6) is 0. The van der Waals surface area contributed by atoms with Crippen molar-refractivity contribution in [3.8, 4) is 11.3 Å². The van der Waals surface area contributed by atoms with Gasteiger partial charge in [-0.25, -0.2) is 0 Å². The molecule has 1 atom stereocenters. The Morgan fingerprint density at radius 2 is 1.92 bits per heavy atom. The Hall–Kier alpha value is -3.12. The lowest BCUT2D eigenvalue weighted by Gasteiger charge is -2.18. The van der Waals surface area contributed by atoms with Crippen molar-refractivity contribution in [1.29, 1.82) is 0 Å². The maximum absolute atomic E-state index is 12.6. The molecule has 0 saturated heterocycles. The van der Waals surface area contributed by atoms with Crippen LogP contribution < -0.4 is 5.56 Å². The molecule has 0 spiro atoms. The topological polar surface area (TPSA) is 64.8 Å². The molecule has 4 aromatic rings. The third-order valence-electron chi connectivity index (χ3n) is 4.63. The summed E-state index contributed by atoms with van der Waals surface area (Å²) in [6.07, 6.45) is 5.29. The van der Waals surface area contributed by atoms with Gasteiger partial charge in [-0.3, -0.25) is 9.48 Å². The van der Waals surface area contributed by atoms with Crippen molar-refractivity contribution in [3.05, 3.63) is 76.5 Å². The predicted octanol–water partition coefficient (Wildman–Crippen LogP) is 3.00. The molecule has 0 fully saturated rings. The maximum atomic E-state index is 12.6. The molecule has 3 heterocycles. The lowest BCUT2D eigenvalue weighted by atomic mass is 9.99. The number of rotatable bonds is 4. The minimum atomic E-state index is -0.261. The zero-order valence-electron chi connectivity index (χ0n) is 14.9. The van der Waals surface area contributed by atoms with Crippen LogP contribution in [0.2, 0.25) is 0 Å². The number of aromatic nitrogens is 4. The molecule has 4 rings (SSSR count). The molecule has 1 aromatic carbocycles. The Morgan fingerprint density at radius 3 is 2.58 bits per heavy atom. The van der Waals surface area contributed by atoms with Crippen LogP contribution in [0, 0.1) is 0 Å². The predicted molar refractivity (Wildman–Crippen MR) is 101 cm³/mol. The van der Waals surface area contributed by atoms with Crippen molar-refractivity contribution in [2.45, 2.75) is 6.10 Å². The summed E-state index contributed by atoms with van der Waals surface area (Å²) in [5, 5.41) is 5.08. The first-order chi connectivity index (χ1) is 12.6. The van der Waals surface area contributed by atoms with Crippen LogP contribution in [-0.2, 0) is 18.8 Å². The third-order valence-corrected chi connectivity index (χ3v) is 4.63. The molecule has 0 saturated carbocycles. The lowest BCUT2D eigenvalue weighted by molar-refractivity contribution is 0.137. The Morgan fingerprint density at radius 1 is 1.15 bits per heavy atom. The quantitative estimate of drug-likeness (QED) is 0.617. The molecule has 0 radical (unpaired) electrons. The fourth-order valence-electron chi connectivity index (χ4n) is 3.36. The van der Waals surface area contributed by atoms with E-state index in [4.69, 9.17) is 4.74 Å². The molecule has 132 valence electrons. The van der Waals surface area contributed by atoms with E-state index < -0.39 is 0 Å². The summed E-state index contributed by atoms with van der Waals surface area (Å²) in [4.78, 5) is 15.9. The molecule has 6 heteroatoms. The SMILES string of the molecule is COC(c1ccccc1)c1cn(C)c(=O)c2[nH]c(-c3cnn(C)c3)cc12. The van der Waals surface area contributed by atoms with Crippen molar-refractivity contribution in [2.75, 3.05) is 7.11 Å². The van der Waals surface area contributed by atoms with Crippen molar-refractivity contribution in [1.82, 2.24) is 19.3 Å². The number of aromatic amines is 1. The highest BCUT2D eigenvalue weighted by Crippen LogP contribution is 2.32. The summed E-state index contributed by atoms with van der Waals surface area (Å²) >= 11 is 0. The number of benzene rings is 1. The number of nitrogens with zero attached hydrogens (tertiary/aromatic N) is 3. The van der Waals surface area contributed by atoms with Gasteiger partial charge in [0.25, 0.3) is 5.56 Å². The lowest BCUT2D eigenvalue weighted by Crippen LogP contribution is -2.19. The molecule has 0 aliphatic heterocycles. The van der Waals surface area contributed by atoms with Crippen LogP contribution in [0.3, 0.4) is 0 Å². The number of ether oxygens (including phenoxy) is 1. The monoisotopic (exact) mass is 348 g/mol. The fourth-order valence-corrected chi connectivity index (χ4v) is 3.36. The summed E-state index contributed by atoms with van der Waals surface area (Å²) in [6, 6.07) is 12.0. The summed E-state index contributed by atoms with van der Waals surface area (Å²) in [6.45, 7) is 0. The normalized spacial score (nSPS) is 12.6. The number of hydrogen-bond acceptors (Lipinski definition) is 3. The van der Waals surface area contributed by atoms with E-state index in [0.717, 1.165) is 27.8 Å². The van der Waals surface area contributed by atoms with Crippen molar-refractivity contribution in [3.63, 3.8) is 0 Å². The van der Waals surface area contributed by atoms with Gasteiger partial charge in [-0.05, 0) is 11.6 Å². The van der Waals surface area contributed by atoms with Gasteiger partial charge in [0, 0.05) is 55.8 Å². The highest BCUT2D eigenvalue weighted by molar-refractivity contribution is 5.88. The largest absolute Gasteiger partial charge is 0.372 e. The Balaban J connectivity index is 1.96. The van der Waals surface area contributed by atoms with E-state index in [1.807, 2.05) is 55.8 Å². The van der Waals surface area contributed by atoms with Crippen LogP contribution in [0.1, 0.15) is 17.2 Å². The van der Waals surface area contributed by atoms with E-state index >= 15 is 0 Å². The second-order valence-electron chi connectivity index (χ2n) is 6.40. The van der Waals surface area contributed by atoms with E-state index in [-0.39, 0.29) is 11.7 Å². The third kappa shape index (κ3) is 2.64. The Bertz CT molecular complexity index is 1120. The molecular formula is C20H20N4O2. The van der Waals surface area contributed by atoms with Crippen molar-refractivity contribution >= 4 is 10.9 Å². The van der Waals surface area contributed by atoms with Crippen LogP contribution in [0.25, 0.3) is 22.2 Å². The zero-order valence-corrected chi connectivity index (χ0v) is 14.9. The second kappa shape index (κ2) is 6.31. The second-order valence-corrected chi connectivity index (χ2v) is 6.40. The van der Waals surface area contributed by atoms with E-state index in [9.17, 15) is 4.79 Å². The number of pyridine rings is 1. The van der Waals surface area contributed by atoms with Crippen molar-refractivity contribution < 1.29 is 4.74 Å². The van der Waals surface area contributed by atoms with Gasteiger partial charge in [0.2, 0.25) is 0 Å². The summed E-state index contributed by atoms with van der Waals surface area (Å²) in [7, 11) is 5.31. The minimum Gasteiger partial charge on any atom is -0.372 e. The molecular weight excluding hydrogens is 328 g/mol. The Labute approximate surface area is 150 Å². The molecule has 0 bridgehead atoms. The fraction of sp³-hybridized carbons (Fsp3) is 0.200. The first-order valence-electron chi connectivity index (χ1n) is 8.37. The number of nitrogens with one attached hydrogen (secondary N) is 1. The van der Waals surface area contributed by atoms with E-state index in [0.29, 0.717) is 5.52 Å². The Kier molecular flexibility index (Phi) is 3.97. The van der Waals surface area contributed by atoms with Gasteiger partial charge in [-0.15, -0.1) is 0 Å². The number of hydrogen-bond donors (Lipinski definition) is 1. The number of methoxy groups -OCH3 is 1. The van der Waals surface area contributed by atoms with E-state index in [1.54, 1.807) is 29.6 Å². The molecule has 1 unspecified atom stereocenters. The van der Waals surface area contributed by atoms with Gasteiger partial charge >= 0.3 is 0 Å². The molecule has 26 heavy (non-hydrogen) atoms. The number of fused-ring (bicyclic) bond motifs is 1. The van der Waals surface area contributed by atoms with Gasteiger partial charge in [0.05, 0.1) is 6.20 Å². The van der Waals surface area contributed by atoms with Crippen LogP contribution in [0.15, 0.2) is 59.8 Å². The number of H-pyrrole nitrogens is 1. The standard InChI is InChI=1S/C20H20N4O2/c1-23-12-16(19(26-3)13-7-5-4-6-8-13)15-9-17(22-18(15)20(23)25)14-10-21-24(2)11-14/h4-12,19,22H,1-3H3. The van der Waals surface area contributed by atoms with Crippen LogP contribution in [0.4, 0.5) is 0 Å². The van der Waals surface area contributed by atoms with E-state index in [1.165, 1.54) is 0 Å². The minimum absolute atomic E-state index is 0.0678. The van der Waals surface area contributed by atoms with Gasteiger partial charge in [0.15, 0.2) is 0 Å². The molecule has 6 nitrogen and oxygen atoms in total. The van der Waals surface area contributed by atoms with Crippen LogP contribution >= 0.6 is 0 Å². The van der Waals surface area contributed by atoms with Crippen molar-refractivity contribution in [2.24, 2.45) is 14.1 Å². The average Bonchev–Trinajstić information content (AvgIpc) is 3.27. The first-order valence-corrected chi connectivity index (χ1v) is 8.37.